The normalized spacial score (nSPS) is 15.8. The van der Waals surface area contributed by atoms with Gasteiger partial charge in [0.2, 0.25) is 10.0 Å². The van der Waals surface area contributed by atoms with Crippen LogP contribution in [0.15, 0.2) is 52.2 Å². The summed E-state index contributed by atoms with van der Waals surface area (Å²) in [5.41, 5.74) is 2.26. The predicted molar refractivity (Wildman–Crippen MR) is 147 cm³/mol. The van der Waals surface area contributed by atoms with E-state index in [0.29, 0.717) is 33.6 Å². The first-order valence-electron chi connectivity index (χ1n) is 12.5. The van der Waals surface area contributed by atoms with Crippen molar-refractivity contribution in [2.24, 2.45) is 5.92 Å². The molecular formula is C26H30Cl2N4O6S. The van der Waals surface area contributed by atoms with E-state index in [0.717, 1.165) is 17.1 Å². The molecule has 1 aromatic heterocycles. The molecule has 0 aliphatic carbocycles. The van der Waals surface area contributed by atoms with Crippen molar-refractivity contribution in [3.63, 3.8) is 0 Å². The van der Waals surface area contributed by atoms with Crippen molar-refractivity contribution in [1.29, 1.82) is 0 Å². The molecule has 1 atom stereocenters. The Morgan fingerprint density at radius 3 is 2.49 bits per heavy atom. The van der Waals surface area contributed by atoms with Crippen LogP contribution < -0.4 is 15.8 Å². The lowest BCUT2D eigenvalue weighted by atomic mass is 10.0. The van der Waals surface area contributed by atoms with Crippen molar-refractivity contribution in [3.05, 3.63) is 79.7 Å². The van der Waals surface area contributed by atoms with Crippen molar-refractivity contribution < 1.29 is 23.2 Å². The molecule has 0 saturated heterocycles. The van der Waals surface area contributed by atoms with Crippen LogP contribution in [0, 0.1) is 5.92 Å². The zero-order chi connectivity index (χ0) is 28.3. The predicted octanol–water partition coefficient (Wildman–Crippen LogP) is 4.29. The summed E-state index contributed by atoms with van der Waals surface area (Å²) in [6.07, 6.45) is 1.93. The van der Waals surface area contributed by atoms with Gasteiger partial charge in [0.15, 0.2) is 0 Å². The highest BCUT2D eigenvalue weighted by atomic mass is 35.5. The number of benzene rings is 2. The first-order chi connectivity index (χ1) is 18.6. The standard InChI is InChI=1S/C26H30Cl2N4O6S/c1-3-16(4-2)14-31-26(34)23-22(29-31)11-12-32(24(23)25(33)30-35)39(36,37)20-9-7-19(8-10-20)38-15-17-5-6-18(27)13-21(17)28/h5-10,13,16,24,29,35H,3-4,11-12,14-15H2,1-2H3,(H,30,33). The number of amides is 1. The van der Waals surface area contributed by atoms with Gasteiger partial charge in [-0.25, -0.2) is 13.9 Å². The van der Waals surface area contributed by atoms with E-state index in [-0.39, 0.29) is 35.9 Å². The van der Waals surface area contributed by atoms with E-state index >= 15 is 0 Å². The topological polar surface area (TPSA) is 134 Å². The van der Waals surface area contributed by atoms with E-state index in [9.17, 15) is 23.2 Å². The number of fused-ring (bicyclic) bond motifs is 1. The van der Waals surface area contributed by atoms with Crippen LogP contribution in [0.5, 0.6) is 5.75 Å². The molecule has 2 heterocycles. The number of ether oxygens (including phenoxy) is 1. The van der Waals surface area contributed by atoms with E-state index in [1.807, 2.05) is 13.8 Å². The molecule has 13 heteroatoms. The Balaban J connectivity index is 1.60. The van der Waals surface area contributed by atoms with Crippen LogP contribution >= 0.6 is 23.2 Å². The number of aromatic nitrogens is 2. The average Bonchev–Trinajstić information content (AvgIpc) is 3.25. The maximum absolute atomic E-state index is 13.7. The Morgan fingerprint density at radius 2 is 1.87 bits per heavy atom. The molecule has 0 bridgehead atoms. The minimum Gasteiger partial charge on any atom is -0.489 e. The second-order valence-corrected chi connectivity index (χ2v) is 12.1. The molecule has 0 fully saturated rings. The second kappa shape index (κ2) is 12.1. The number of carbonyl (C=O) groups is 1. The minimum atomic E-state index is -4.24. The number of H-pyrrole nitrogens is 1. The number of nitrogens with one attached hydrogen (secondary N) is 2. The highest BCUT2D eigenvalue weighted by molar-refractivity contribution is 7.89. The number of rotatable bonds is 10. The first kappa shape index (κ1) is 29.2. The van der Waals surface area contributed by atoms with E-state index in [4.69, 9.17) is 27.9 Å². The second-order valence-electron chi connectivity index (χ2n) is 9.34. The summed E-state index contributed by atoms with van der Waals surface area (Å²) < 4.78 is 35.4. The van der Waals surface area contributed by atoms with Gasteiger partial charge in [0.05, 0.1) is 10.5 Å². The van der Waals surface area contributed by atoms with Crippen LogP contribution in [0.4, 0.5) is 0 Å². The fraction of sp³-hybridized carbons (Fsp3) is 0.385. The maximum Gasteiger partial charge on any atom is 0.272 e. The number of aromatic amines is 1. The summed E-state index contributed by atoms with van der Waals surface area (Å²) in [6, 6.07) is 9.21. The smallest absolute Gasteiger partial charge is 0.272 e. The Bertz CT molecular complexity index is 1500. The Labute approximate surface area is 236 Å². The molecule has 39 heavy (non-hydrogen) atoms. The zero-order valence-corrected chi connectivity index (χ0v) is 23.8. The van der Waals surface area contributed by atoms with Crippen molar-refractivity contribution in [2.75, 3.05) is 6.54 Å². The van der Waals surface area contributed by atoms with Crippen LogP contribution in [0.25, 0.3) is 0 Å². The quantitative estimate of drug-likeness (QED) is 0.236. The van der Waals surface area contributed by atoms with Gasteiger partial charge in [0.25, 0.3) is 11.5 Å². The summed E-state index contributed by atoms with van der Waals surface area (Å²) in [4.78, 5) is 26.0. The third kappa shape index (κ3) is 6.02. The molecule has 210 valence electrons. The van der Waals surface area contributed by atoms with Gasteiger partial charge in [-0.2, -0.15) is 4.31 Å². The Morgan fingerprint density at radius 1 is 1.18 bits per heavy atom. The molecule has 0 radical (unpaired) electrons. The summed E-state index contributed by atoms with van der Waals surface area (Å²) in [5.74, 6) is -0.366. The van der Waals surface area contributed by atoms with Gasteiger partial charge in [-0.05, 0) is 42.3 Å². The molecule has 1 aliphatic rings. The number of hydroxylamine groups is 1. The lowest BCUT2D eigenvalue weighted by molar-refractivity contribution is -0.133. The number of hydrogen-bond donors (Lipinski definition) is 3. The molecule has 0 saturated carbocycles. The van der Waals surface area contributed by atoms with Gasteiger partial charge in [-0.1, -0.05) is 56.0 Å². The van der Waals surface area contributed by atoms with E-state index in [2.05, 4.69) is 5.10 Å². The van der Waals surface area contributed by atoms with Crippen molar-refractivity contribution in [2.45, 2.75) is 57.2 Å². The van der Waals surface area contributed by atoms with Crippen molar-refractivity contribution >= 4 is 39.1 Å². The molecule has 1 unspecified atom stereocenters. The molecule has 3 N–H and O–H groups in total. The van der Waals surface area contributed by atoms with Gasteiger partial charge in [0.1, 0.15) is 18.4 Å². The summed E-state index contributed by atoms with van der Waals surface area (Å²) in [7, 11) is -4.24. The van der Waals surface area contributed by atoms with Crippen molar-refractivity contribution in [1.82, 2.24) is 19.6 Å². The zero-order valence-electron chi connectivity index (χ0n) is 21.5. The third-order valence-electron chi connectivity index (χ3n) is 7.01. The molecule has 2 aromatic carbocycles. The van der Waals surface area contributed by atoms with Crippen LogP contribution in [-0.2, 0) is 34.4 Å². The number of sulfonamides is 1. The van der Waals surface area contributed by atoms with Crippen LogP contribution in [-0.4, -0.2) is 40.2 Å². The lowest BCUT2D eigenvalue weighted by Crippen LogP contribution is -2.48. The summed E-state index contributed by atoms with van der Waals surface area (Å²) in [6.45, 7) is 4.56. The number of hydrogen-bond acceptors (Lipinski definition) is 6. The van der Waals surface area contributed by atoms with Crippen molar-refractivity contribution in [3.8, 4) is 5.75 Å². The Hall–Kier alpha value is -2.83. The fourth-order valence-electron chi connectivity index (χ4n) is 4.67. The highest BCUT2D eigenvalue weighted by Gasteiger charge is 2.43. The number of carbonyl (C=O) groups excluding carboxylic acids is 1. The molecular weight excluding hydrogens is 567 g/mol. The van der Waals surface area contributed by atoms with Crippen LogP contribution in [0.2, 0.25) is 10.0 Å². The van der Waals surface area contributed by atoms with Crippen LogP contribution in [0.1, 0.15) is 49.6 Å². The van der Waals surface area contributed by atoms with E-state index < -0.39 is 27.5 Å². The van der Waals surface area contributed by atoms with Gasteiger partial charge >= 0.3 is 0 Å². The molecule has 1 aliphatic heterocycles. The summed E-state index contributed by atoms with van der Waals surface area (Å²) in [5, 5.41) is 13.4. The SMILES string of the molecule is CCC(CC)Cn1[nH]c2c(c1=O)C(C(=O)NO)N(S(=O)(=O)c1ccc(OCc3ccc(Cl)cc3Cl)cc1)CC2. The summed E-state index contributed by atoms with van der Waals surface area (Å²) >= 11 is 12.1. The fourth-order valence-corrected chi connectivity index (χ4v) is 6.70. The van der Waals surface area contributed by atoms with E-state index in [1.54, 1.807) is 18.2 Å². The number of halogens is 2. The maximum atomic E-state index is 13.7. The molecule has 1 amide bonds. The van der Waals surface area contributed by atoms with Gasteiger partial charge in [-0.15, -0.1) is 0 Å². The van der Waals surface area contributed by atoms with Crippen LogP contribution in [0.3, 0.4) is 0 Å². The molecule has 3 aromatic rings. The first-order valence-corrected chi connectivity index (χ1v) is 14.7. The molecule has 0 spiro atoms. The average molecular weight is 598 g/mol. The van der Waals surface area contributed by atoms with Gasteiger partial charge < -0.3 is 4.74 Å². The Kier molecular flexibility index (Phi) is 9.07. The number of nitrogens with zero attached hydrogens (tertiary/aromatic N) is 2. The van der Waals surface area contributed by atoms with Gasteiger partial charge in [0, 0.05) is 40.8 Å². The highest BCUT2D eigenvalue weighted by Crippen LogP contribution is 2.33. The monoisotopic (exact) mass is 596 g/mol. The molecule has 4 rings (SSSR count). The van der Waals surface area contributed by atoms with E-state index in [1.165, 1.54) is 34.4 Å². The minimum absolute atomic E-state index is 0.0159. The van der Waals surface area contributed by atoms with Gasteiger partial charge in [-0.3, -0.25) is 24.6 Å². The third-order valence-corrected chi connectivity index (χ3v) is 9.47. The lowest BCUT2D eigenvalue weighted by Gasteiger charge is -2.32. The largest absolute Gasteiger partial charge is 0.489 e. The molecule has 10 nitrogen and oxygen atoms in total.